The van der Waals surface area contributed by atoms with Gasteiger partial charge in [-0.1, -0.05) is 82.0 Å². The van der Waals surface area contributed by atoms with E-state index in [1.54, 1.807) is 11.1 Å². The van der Waals surface area contributed by atoms with Gasteiger partial charge in [0.05, 0.1) is 0 Å². The fourth-order valence-electron chi connectivity index (χ4n) is 3.38. The van der Waals surface area contributed by atoms with Crippen molar-refractivity contribution >= 4 is 6.08 Å². The van der Waals surface area contributed by atoms with Crippen LogP contribution in [-0.2, 0) is 12.8 Å². The molecule has 134 valence electrons. The Labute approximate surface area is 154 Å². The Balaban J connectivity index is 1.96. The van der Waals surface area contributed by atoms with E-state index in [4.69, 9.17) is 0 Å². The minimum Gasteiger partial charge on any atom is -0.296 e. The molecule has 0 saturated carbocycles. The van der Waals surface area contributed by atoms with Crippen LogP contribution in [0.3, 0.4) is 0 Å². The number of hydrogen-bond acceptors (Lipinski definition) is 1. The van der Waals surface area contributed by atoms with Gasteiger partial charge < -0.3 is 0 Å². The second kappa shape index (κ2) is 10.2. The van der Waals surface area contributed by atoms with Crippen LogP contribution in [0.5, 0.6) is 0 Å². The van der Waals surface area contributed by atoms with Crippen LogP contribution < -0.4 is 0 Å². The first-order chi connectivity index (χ1) is 12.1. The van der Waals surface area contributed by atoms with Gasteiger partial charge in [-0.15, -0.1) is 0 Å². The van der Waals surface area contributed by atoms with Crippen LogP contribution in [0.2, 0.25) is 0 Å². The summed E-state index contributed by atoms with van der Waals surface area (Å²) in [6.07, 6.45) is 16.8. The quantitative estimate of drug-likeness (QED) is 0.513. The molecule has 0 atom stereocenters. The monoisotopic (exact) mass is 335 g/mol. The summed E-state index contributed by atoms with van der Waals surface area (Å²) in [5.74, 6) is 0.560. The summed E-state index contributed by atoms with van der Waals surface area (Å²) in [5, 5.41) is 0. The van der Waals surface area contributed by atoms with Crippen molar-refractivity contribution in [1.29, 1.82) is 0 Å². The first kappa shape index (κ1) is 19.5. The molecule has 0 bridgehead atoms. The fourth-order valence-corrected chi connectivity index (χ4v) is 3.38. The number of likely N-dealkylation sites (N-methyl/N-ethyl adjacent to an activating group) is 1. The Morgan fingerprint density at radius 3 is 2.76 bits per heavy atom. The van der Waals surface area contributed by atoms with Crippen LogP contribution >= 0.6 is 0 Å². The zero-order valence-electron chi connectivity index (χ0n) is 16.2. The van der Waals surface area contributed by atoms with Gasteiger partial charge in [0.15, 0.2) is 0 Å². The summed E-state index contributed by atoms with van der Waals surface area (Å²) in [7, 11) is 0. The maximum absolute atomic E-state index is 3.78. The van der Waals surface area contributed by atoms with Gasteiger partial charge in [-0.2, -0.15) is 0 Å². The Kier molecular flexibility index (Phi) is 7.94. The average molecular weight is 336 g/mol. The lowest BCUT2D eigenvalue weighted by atomic mass is 10.1. The van der Waals surface area contributed by atoms with E-state index >= 15 is 0 Å². The predicted molar refractivity (Wildman–Crippen MR) is 112 cm³/mol. The third kappa shape index (κ3) is 6.51. The van der Waals surface area contributed by atoms with E-state index in [1.807, 2.05) is 12.2 Å². The highest BCUT2D eigenvalue weighted by atomic mass is 15.1. The number of nitrogens with zero attached hydrogens (tertiary/aromatic N) is 1. The van der Waals surface area contributed by atoms with Crippen molar-refractivity contribution in [2.45, 2.75) is 40.0 Å². The SMILES string of the molecule is C=C/C=C\C(=C/C(C)C)CN(CC)C/C=C/c1ccc2c(c1)CCC2. The Morgan fingerprint density at radius 1 is 1.24 bits per heavy atom. The molecule has 0 heterocycles. The molecule has 0 spiro atoms. The number of allylic oxidation sites excluding steroid dienone is 3. The lowest BCUT2D eigenvalue weighted by Crippen LogP contribution is -2.25. The van der Waals surface area contributed by atoms with Gasteiger partial charge in [0.1, 0.15) is 0 Å². The van der Waals surface area contributed by atoms with Gasteiger partial charge in [-0.05, 0) is 54.0 Å². The molecule has 0 radical (unpaired) electrons. The summed E-state index contributed by atoms with van der Waals surface area (Å²) < 4.78 is 0. The number of rotatable bonds is 9. The van der Waals surface area contributed by atoms with Gasteiger partial charge >= 0.3 is 0 Å². The molecule has 1 aliphatic rings. The predicted octanol–water partition coefficient (Wildman–Crippen LogP) is 5.84. The smallest absolute Gasteiger partial charge is 0.0233 e. The van der Waals surface area contributed by atoms with Gasteiger partial charge in [-0.25, -0.2) is 0 Å². The van der Waals surface area contributed by atoms with Gasteiger partial charge in [-0.3, -0.25) is 4.90 Å². The Hall–Kier alpha value is -1.86. The second-order valence-electron chi connectivity index (χ2n) is 7.19. The van der Waals surface area contributed by atoms with Crippen molar-refractivity contribution < 1.29 is 0 Å². The normalized spacial score (nSPS) is 15.0. The van der Waals surface area contributed by atoms with E-state index in [0.717, 1.165) is 19.6 Å². The molecule has 0 N–H and O–H groups in total. The fraction of sp³-hybridized carbons (Fsp3) is 0.417. The molecule has 0 saturated heterocycles. The maximum atomic E-state index is 3.78. The summed E-state index contributed by atoms with van der Waals surface area (Å²) >= 11 is 0. The maximum Gasteiger partial charge on any atom is 0.0233 e. The highest BCUT2D eigenvalue weighted by Gasteiger charge is 2.09. The van der Waals surface area contributed by atoms with E-state index in [-0.39, 0.29) is 0 Å². The molecule has 1 aromatic rings. The van der Waals surface area contributed by atoms with Crippen LogP contribution in [0, 0.1) is 5.92 Å². The highest BCUT2D eigenvalue weighted by Crippen LogP contribution is 2.23. The summed E-state index contributed by atoms with van der Waals surface area (Å²) in [6.45, 7) is 13.5. The third-order valence-electron chi connectivity index (χ3n) is 4.64. The number of fused-ring (bicyclic) bond motifs is 1. The van der Waals surface area contributed by atoms with Crippen molar-refractivity contribution in [3.05, 3.63) is 77.4 Å². The molecule has 0 fully saturated rings. The minimum atomic E-state index is 0.560. The summed E-state index contributed by atoms with van der Waals surface area (Å²) in [5.41, 5.74) is 5.79. The van der Waals surface area contributed by atoms with Crippen LogP contribution in [0.25, 0.3) is 6.08 Å². The van der Waals surface area contributed by atoms with Crippen LogP contribution in [0.15, 0.2) is 60.7 Å². The molecule has 1 heteroatoms. The topological polar surface area (TPSA) is 3.24 Å². The van der Waals surface area contributed by atoms with Crippen LogP contribution in [0.4, 0.5) is 0 Å². The molecule has 0 unspecified atom stereocenters. The largest absolute Gasteiger partial charge is 0.296 e. The summed E-state index contributed by atoms with van der Waals surface area (Å²) in [4.78, 5) is 2.46. The van der Waals surface area contributed by atoms with Gasteiger partial charge in [0.25, 0.3) is 0 Å². The number of benzene rings is 1. The van der Waals surface area contributed by atoms with E-state index in [1.165, 1.54) is 30.4 Å². The Bertz CT molecular complexity index is 646. The van der Waals surface area contributed by atoms with Crippen LogP contribution in [0.1, 0.15) is 43.9 Å². The van der Waals surface area contributed by atoms with E-state index in [9.17, 15) is 0 Å². The van der Waals surface area contributed by atoms with E-state index in [2.05, 4.69) is 74.8 Å². The number of hydrogen-bond donors (Lipinski definition) is 0. The lowest BCUT2D eigenvalue weighted by Gasteiger charge is -2.19. The summed E-state index contributed by atoms with van der Waals surface area (Å²) in [6, 6.07) is 6.93. The zero-order chi connectivity index (χ0) is 18.1. The third-order valence-corrected chi connectivity index (χ3v) is 4.64. The van der Waals surface area contributed by atoms with Crippen molar-refractivity contribution in [2.75, 3.05) is 19.6 Å². The zero-order valence-corrected chi connectivity index (χ0v) is 16.2. The van der Waals surface area contributed by atoms with Crippen molar-refractivity contribution in [1.82, 2.24) is 4.90 Å². The molecule has 0 amide bonds. The second-order valence-corrected chi connectivity index (χ2v) is 7.19. The van der Waals surface area contributed by atoms with Crippen molar-refractivity contribution in [3.63, 3.8) is 0 Å². The molecule has 1 aliphatic carbocycles. The Morgan fingerprint density at radius 2 is 2.04 bits per heavy atom. The van der Waals surface area contributed by atoms with Crippen molar-refractivity contribution in [3.8, 4) is 0 Å². The highest BCUT2D eigenvalue weighted by molar-refractivity contribution is 5.52. The van der Waals surface area contributed by atoms with Gasteiger partial charge in [0.2, 0.25) is 0 Å². The molecule has 2 rings (SSSR count). The molecular formula is C24H33N. The lowest BCUT2D eigenvalue weighted by molar-refractivity contribution is 0.349. The molecular weight excluding hydrogens is 302 g/mol. The van der Waals surface area contributed by atoms with E-state index in [0.29, 0.717) is 5.92 Å². The molecule has 0 aromatic heterocycles. The first-order valence-electron chi connectivity index (χ1n) is 9.63. The molecule has 25 heavy (non-hydrogen) atoms. The van der Waals surface area contributed by atoms with E-state index < -0.39 is 0 Å². The minimum absolute atomic E-state index is 0.560. The average Bonchev–Trinajstić information content (AvgIpc) is 3.05. The van der Waals surface area contributed by atoms with Crippen LogP contribution in [-0.4, -0.2) is 24.5 Å². The molecule has 1 aromatic carbocycles. The standard InChI is InChI=1S/C24H33N/c1-5-7-10-22(17-20(3)4)19-25(6-2)16-9-11-21-14-15-23-12-8-13-24(23)18-21/h5,7,9-11,14-15,17-18,20H,1,6,8,12-13,16,19H2,2-4H3/b10-7-,11-9+,22-17+. The molecule has 0 aliphatic heterocycles. The molecule has 1 nitrogen and oxygen atoms in total. The van der Waals surface area contributed by atoms with Gasteiger partial charge in [0, 0.05) is 13.1 Å². The number of aryl methyl sites for hydroxylation is 2. The first-order valence-corrected chi connectivity index (χ1v) is 9.63. The van der Waals surface area contributed by atoms with Crippen molar-refractivity contribution in [2.24, 2.45) is 5.92 Å².